The van der Waals surface area contributed by atoms with E-state index in [0.29, 0.717) is 28.6 Å². The van der Waals surface area contributed by atoms with Crippen molar-refractivity contribution >= 4 is 29.8 Å². The van der Waals surface area contributed by atoms with E-state index < -0.39 is 5.91 Å². The van der Waals surface area contributed by atoms with Crippen molar-refractivity contribution < 1.29 is 34.0 Å². The van der Waals surface area contributed by atoms with Gasteiger partial charge in [0.15, 0.2) is 23.0 Å². The van der Waals surface area contributed by atoms with Crippen molar-refractivity contribution in [1.82, 2.24) is 0 Å². The van der Waals surface area contributed by atoms with E-state index >= 15 is 0 Å². The Morgan fingerprint density at radius 2 is 1.26 bits per heavy atom. The Morgan fingerprint density at radius 3 is 1.86 bits per heavy atom. The molecule has 0 saturated carbocycles. The number of carbonyl (C=O) groups excluding carboxylic acids is 1. The van der Waals surface area contributed by atoms with E-state index in [-0.39, 0.29) is 17.2 Å². The molecule has 0 aromatic heterocycles. The number of hydrogen-bond acceptors (Lipinski definition) is 7. The van der Waals surface area contributed by atoms with Crippen LogP contribution in [-0.2, 0) is 4.79 Å². The summed E-state index contributed by atoms with van der Waals surface area (Å²) in [7, 11) is 6.08. The lowest BCUT2D eigenvalue weighted by atomic mass is 10.1. The lowest BCUT2D eigenvalue weighted by Gasteiger charge is -2.12. The number of hydrogen-bond donors (Lipinski definition) is 3. The average Bonchev–Trinajstić information content (AvgIpc) is 2.87. The standard InChI is InChI=1S/C27H27NO7/c1-32-23-14-18(8-11-21(23)29)9-12-26(31)28-20-10-7-17(13-22(20)30)5-6-19-15-24(33-2)27(35-4)25(16-19)34-3/h5-16,29-30H,1-4H3,(H,28,31)/b6-5?,12-9+. The van der Waals surface area contributed by atoms with Crippen LogP contribution in [0.2, 0.25) is 0 Å². The van der Waals surface area contributed by atoms with Crippen molar-refractivity contribution in [3.8, 4) is 34.5 Å². The van der Waals surface area contributed by atoms with Crippen LogP contribution in [0.15, 0.2) is 54.6 Å². The second-order valence-corrected chi connectivity index (χ2v) is 7.32. The molecule has 3 N–H and O–H groups in total. The molecule has 0 fully saturated rings. The third-order valence-corrected chi connectivity index (χ3v) is 5.07. The molecule has 0 aliphatic heterocycles. The third kappa shape index (κ3) is 6.26. The van der Waals surface area contributed by atoms with Gasteiger partial charge in [-0.25, -0.2) is 0 Å². The number of phenolic OH excluding ortho intramolecular Hbond substituents is 2. The minimum atomic E-state index is -0.423. The van der Waals surface area contributed by atoms with Gasteiger partial charge in [0.05, 0.1) is 34.1 Å². The summed E-state index contributed by atoms with van der Waals surface area (Å²) in [5.74, 6) is 1.39. The van der Waals surface area contributed by atoms with Crippen molar-refractivity contribution in [2.75, 3.05) is 33.8 Å². The maximum atomic E-state index is 12.3. The number of anilines is 1. The molecule has 0 radical (unpaired) electrons. The van der Waals surface area contributed by atoms with Crippen LogP contribution in [0.25, 0.3) is 18.2 Å². The molecule has 3 aromatic rings. The number of benzene rings is 3. The van der Waals surface area contributed by atoms with Crippen LogP contribution in [0.4, 0.5) is 5.69 Å². The van der Waals surface area contributed by atoms with Gasteiger partial charge in [-0.15, -0.1) is 0 Å². The number of phenols is 2. The van der Waals surface area contributed by atoms with Crippen LogP contribution >= 0.6 is 0 Å². The summed E-state index contributed by atoms with van der Waals surface area (Å²) in [5.41, 5.74) is 2.48. The van der Waals surface area contributed by atoms with Crippen molar-refractivity contribution in [2.45, 2.75) is 0 Å². The lowest BCUT2D eigenvalue weighted by Crippen LogP contribution is -2.07. The number of methoxy groups -OCH3 is 4. The SMILES string of the molecule is COc1cc(/C=C/C(=O)Nc2ccc(C=Cc3cc(OC)c(OC)c(OC)c3)cc2O)ccc1O. The molecule has 3 aromatic carbocycles. The molecule has 0 aliphatic carbocycles. The minimum absolute atomic E-state index is 0.0124. The molecule has 182 valence electrons. The Bertz CT molecular complexity index is 1240. The highest BCUT2D eigenvalue weighted by molar-refractivity contribution is 6.02. The predicted octanol–water partition coefficient (Wildman–Crippen LogP) is 4.95. The molecule has 8 heteroatoms. The molecule has 0 spiro atoms. The van der Waals surface area contributed by atoms with Gasteiger partial charge in [-0.2, -0.15) is 0 Å². The maximum absolute atomic E-state index is 12.3. The number of rotatable bonds is 9. The molecule has 1 amide bonds. The first kappa shape index (κ1) is 25.0. The number of aromatic hydroxyl groups is 2. The molecule has 3 rings (SSSR count). The first-order valence-corrected chi connectivity index (χ1v) is 10.6. The Morgan fingerprint density at radius 1 is 0.686 bits per heavy atom. The molecule has 0 aliphatic rings. The fourth-order valence-corrected chi connectivity index (χ4v) is 3.29. The fraction of sp³-hybridized carbons (Fsp3) is 0.148. The molecule has 8 nitrogen and oxygen atoms in total. The van der Waals surface area contributed by atoms with Gasteiger partial charge >= 0.3 is 0 Å². The summed E-state index contributed by atoms with van der Waals surface area (Å²) in [6, 6.07) is 13.3. The molecule has 0 atom stereocenters. The number of ether oxygens (including phenoxy) is 4. The molecule has 35 heavy (non-hydrogen) atoms. The zero-order chi connectivity index (χ0) is 25.4. The minimum Gasteiger partial charge on any atom is -0.506 e. The molecule has 0 bridgehead atoms. The highest BCUT2D eigenvalue weighted by Crippen LogP contribution is 2.38. The quantitative estimate of drug-likeness (QED) is 0.227. The molecular weight excluding hydrogens is 450 g/mol. The second kappa shape index (κ2) is 11.5. The van der Waals surface area contributed by atoms with Crippen molar-refractivity contribution in [3.63, 3.8) is 0 Å². The second-order valence-electron chi connectivity index (χ2n) is 7.32. The van der Waals surface area contributed by atoms with Crippen LogP contribution in [-0.4, -0.2) is 44.6 Å². The summed E-state index contributed by atoms with van der Waals surface area (Å²) in [4.78, 5) is 12.3. The number of carbonyl (C=O) groups is 1. The Kier molecular flexibility index (Phi) is 8.24. The largest absolute Gasteiger partial charge is 0.506 e. The third-order valence-electron chi connectivity index (χ3n) is 5.07. The fourth-order valence-electron chi connectivity index (χ4n) is 3.29. The van der Waals surface area contributed by atoms with Crippen LogP contribution in [0.1, 0.15) is 16.7 Å². The van der Waals surface area contributed by atoms with Crippen molar-refractivity contribution in [2.24, 2.45) is 0 Å². The highest BCUT2D eigenvalue weighted by Gasteiger charge is 2.12. The Labute approximate surface area is 203 Å². The molecule has 0 saturated heterocycles. The normalized spacial score (nSPS) is 11.0. The summed E-state index contributed by atoms with van der Waals surface area (Å²) < 4.78 is 21.1. The van der Waals surface area contributed by atoms with Crippen molar-refractivity contribution in [3.05, 3.63) is 71.3 Å². The Balaban J connectivity index is 1.71. The highest BCUT2D eigenvalue weighted by atomic mass is 16.5. The van der Waals surface area contributed by atoms with Gasteiger partial charge in [0, 0.05) is 6.08 Å². The topological polar surface area (TPSA) is 106 Å². The number of amides is 1. The van der Waals surface area contributed by atoms with E-state index in [2.05, 4.69) is 5.32 Å². The first-order valence-electron chi connectivity index (χ1n) is 10.6. The monoisotopic (exact) mass is 477 g/mol. The van der Waals surface area contributed by atoms with Crippen LogP contribution in [0, 0.1) is 0 Å². The molecule has 0 unspecified atom stereocenters. The Hall–Kier alpha value is -4.59. The van der Waals surface area contributed by atoms with Gasteiger partial charge in [0.2, 0.25) is 11.7 Å². The van der Waals surface area contributed by atoms with E-state index in [9.17, 15) is 15.0 Å². The first-order chi connectivity index (χ1) is 16.9. The summed E-state index contributed by atoms with van der Waals surface area (Å²) in [6.45, 7) is 0. The van der Waals surface area contributed by atoms with E-state index in [1.807, 2.05) is 24.3 Å². The van der Waals surface area contributed by atoms with E-state index in [4.69, 9.17) is 18.9 Å². The zero-order valence-corrected chi connectivity index (χ0v) is 19.9. The van der Waals surface area contributed by atoms with Gasteiger partial charge in [-0.3, -0.25) is 4.79 Å². The van der Waals surface area contributed by atoms with Gasteiger partial charge in [0.25, 0.3) is 0 Å². The van der Waals surface area contributed by atoms with Gasteiger partial charge in [-0.1, -0.05) is 24.3 Å². The van der Waals surface area contributed by atoms with Gasteiger partial charge < -0.3 is 34.5 Å². The average molecular weight is 478 g/mol. The van der Waals surface area contributed by atoms with Crippen molar-refractivity contribution in [1.29, 1.82) is 0 Å². The van der Waals surface area contributed by atoms with Crippen LogP contribution < -0.4 is 24.3 Å². The van der Waals surface area contributed by atoms with Gasteiger partial charge in [0.1, 0.15) is 5.75 Å². The smallest absolute Gasteiger partial charge is 0.248 e. The lowest BCUT2D eigenvalue weighted by molar-refractivity contribution is -0.111. The summed E-state index contributed by atoms with van der Waals surface area (Å²) in [6.07, 6.45) is 6.54. The van der Waals surface area contributed by atoms with Crippen LogP contribution in [0.5, 0.6) is 34.5 Å². The maximum Gasteiger partial charge on any atom is 0.248 e. The van der Waals surface area contributed by atoms with E-state index in [0.717, 1.165) is 11.1 Å². The predicted molar refractivity (Wildman–Crippen MR) is 135 cm³/mol. The molecule has 0 heterocycles. The number of nitrogens with one attached hydrogen (secondary N) is 1. The van der Waals surface area contributed by atoms with Crippen LogP contribution in [0.3, 0.4) is 0 Å². The summed E-state index contributed by atoms with van der Waals surface area (Å²) >= 11 is 0. The van der Waals surface area contributed by atoms with E-state index in [1.165, 1.54) is 19.3 Å². The molecular formula is C27H27NO7. The zero-order valence-electron chi connectivity index (χ0n) is 19.9. The summed E-state index contributed by atoms with van der Waals surface area (Å²) in [5, 5.41) is 22.7. The van der Waals surface area contributed by atoms with E-state index in [1.54, 1.807) is 57.7 Å². The van der Waals surface area contributed by atoms with Gasteiger partial charge in [-0.05, 0) is 59.2 Å².